The zero-order valence-electron chi connectivity index (χ0n) is 12.5. The van der Waals surface area contributed by atoms with Gasteiger partial charge < -0.3 is 5.32 Å². The Balaban J connectivity index is 1.86. The van der Waals surface area contributed by atoms with Gasteiger partial charge in [-0.3, -0.25) is 0 Å². The molecule has 0 bridgehead atoms. The van der Waals surface area contributed by atoms with Gasteiger partial charge >= 0.3 is 6.18 Å². The van der Waals surface area contributed by atoms with Gasteiger partial charge in [0.15, 0.2) is 0 Å². The summed E-state index contributed by atoms with van der Waals surface area (Å²) in [7, 11) is 0. The second-order valence-electron chi connectivity index (χ2n) is 6.11. The third-order valence-electron chi connectivity index (χ3n) is 4.28. The molecule has 0 aliphatic heterocycles. The molecule has 1 aromatic heterocycles. The van der Waals surface area contributed by atoms with Crippen molar-refractivity contribution in [2.24, 2.45) is 5.92 Å². The lowest BCUT2D eigenvalue weighted by Gasteiger charge is -2.27. The number of nitrogens with one attached hydrogen (secondary N) is 1. The van der Waals surface area contributed by atoms with E-state index in [0.717, 1.165) is 0 Å². The Morgan fingerprint density at radius 3 is 2.62 bits per heavy atom. The summed E-state index contributed by atoms with van der Waals surface area (Å²) in [6.07, 6.45) is 1.08. The van der Waals surface area contributed by atoms with Crippen molar-refractivity contribution >= 4 is 11.3 Å². The number of rotatable bonds is 7. The first kappa shape index (κ1) is 16.8. The highest BCUT2D eigenvalue weighted by Crippen LogP contribution is 2.37. The van der Waals surface area contributed by atoms with Gasteiger partial charge in [-0.15, -0.1) is 11.3 Å². The standard InChI is InChI=1S/C16H24F3NS/c1-12(6-4-10-16(17,18)19)20-15(13-7-2-3-8-13)14-9-5-11-21-14/h5,9,11-13,15,20H,2-4,6-8,10H2,1H3. The number of halogens is 3. The molecule has 0 radical (unpaired) electrons. The minimum Gasteiger partial charge on any atom is -0.306 e. The molecule has 1 aromatic rings. The lowest BCUT2D eigenvalue weighted by atomic mass is 9.95. The molecule has 1 aliphatic rings. The molecule has 2 rings (SSSR count). The molecule has 0 amide bonds. The van der Waals surface area contributed by atoms with Crippen LogP contribution in [0, 0.1) is 5.92 Å². The zero-order valence-corrected chi connectivity index (χ0v) is 13.3. The maximum Gasteiger partial charge on any atom is 0.389 e. The first-order valence-electron chi connectivity index (χ1n) is 7.82. The Labute approximate surface area is 128 Å². The van der Waals surface area contributed by atoms with Crippen molar-refractivity contribution in [2.75, 3.05) is 0 Å². The normalized spacial score (nSPS) is 19.8. The quantitative estimate of drug-likeness (QED) is 0.680. The van der Waals surface area contributed by atoms with Crippen molar-refractivity contribution < 1.29 is 13.2 Å². The van der Waals surface area contributed by atoms with Gasteiger partial charge in [0.1, 0.15) is 0 Å². The van der Waals surface area contributed by atoms with Crippen LogP contribution in [0.4, 0.5) is 13.2 Å². The number of hydrogen-bond donors (Lipinski definition) is 1. The van der Waals surface area contributed by atoms with E-state index >= 15 is 0 Å². The van der Waals surface area contributed by atoms with Crippen molar-refractivity contribution in [1.29, 1.82) is 0 Å². The largest absolute Gasteiger partial charge is 0.389 e. The summed E-state index contributed by atoms with van der Waals surface area (Å²) in [5.74, 6) is 0.633. The third-order valence-corrected chi connectivity index (χ3v) is 5.24. The van der Waals surface area contributed by atoms with E-state index in [0.29, 0.717) is 18.4 Å². The number of thiophene rings is 1. The van der Waals surface area contributed by atoms with E-state index in [-0.39, 0.29) is 12.5 Å². The summed E-state index contributed by atoms with van der Waals surface area (Å²) in [5, 5.41) is 5.67. The highest BCUT2D eigenvalue weighted by Gasteiger charge is 2.29. The zero-order chi connectivity index (χ0) is 15.3. The van der Waals surface area contributed by atoms with E-state index in [1.54, 1.807) is 11.3 Å². The maximum absolute atomic E-state index is 12.2. The highest BCUT2D eigenvalue weighted by atomic mass is 32.1. The first-order valence-corrected chi connectivity index (χ1v) is 8.70. The van der Waals surface area contributed by atoms with Gasteiger partial charge in [-0.1, -0.05) is 18.9 Å². The van der Waals surface area contributed by atoms with Gasteiger partial charge in [0.25, 0.3) is 0 Å². The molecule has 0 aromatic carbocycles. The third kappa shape index (κ3) is 5.62. The van der Waals surface area contributed by atoms with Crippen molar-refractivity contribution in [3.05, 3.63) is 22.4 Å². The number of alkyl halides is 3. The monoisotopic (exact) mass is 319 g/mol. The minimum absolute atomic E-state index is 0.125. The molecule has 1 saturated carbocycles. The molecule has 1 nitrogen and oxygen atoms in total. The smallest absolute Gasteiger partial charge is 0.306 e. The van der Waals surface area contributed by atoms with Gasteiger partial charge in [0.2, 0.25) is 0 Å². The molecule has 2 atom stereocenters. The van der Waals surface area contributed by atoms with Gasteiger partial charge in [-0.05, 0) is 50.0 Å². The van der Waals surface area contributed by atoms with Gasteiger partial charge in [-0.2, -0.15) is 13.2 Å². The number of hydrogen-bond acceptors (Lipinski definition) is 2. The van der Waals surface area contributed by atoms with Crippen LogP contribution < -0.4 is 5.32 Å². The van der Waals surface area contributed by atoms with Crippen LogP contribution in [0.2, 0.25) is 0 Å². The van der Waals surface area contributed by atoms with E-state index in [9.17, 15) is 13.2 Å². The minimum atomic E-state index is -4.03. The van der Waals surface area contributed by atoms with Crippen LogP contribution in [0.5, 0.6) is 0 Å². The molecule has 2 unspecified atom stereocenters. The molecule has 0 spiro atoms. The van der Waals surface area contributed by atoms with Crippen LogP contribution in [0.15, 0.2) is 17.5 Å². The summed E-state index contributed by atoms with van der Waals surface area (Å²) in [6.45, 7) is 2.01. The molecule has 1 aliphatic carbocycles. The van der Waals surface area contributed by atoms with Crippen molar-refractivity contribution in [2.45, 2.75) is 70.1 Å². The van der Waals surface area contributed by atoms with Crippen LogP contribution in [0.3, 0.4) is 0 Å². The van der Waals surface area contributed by atoms with Gasteiger partial charge in [0, 0.05) is 23.4 Å². The molecule has 1 fully saturated rings. The molecule has 1 heterocycles. The summed E-state index contributed by atoms with van der Waals surface area (Å²) < 4.78 is 36.7. The summed E-state index contributed by atoms with van der Waals surface area (Å²) in [5.41, 5.74) is 0. The SMILES string of the molecule is CC(CCCC(F)(F)F)NC(c1cccs1)C1CCCC1. The Bertz CT molecular complexity index is 396. The summed E-state index contributed by atoms with van der Waals surface area (Å²) in [4.78, 5) is 1.32. The van der Waals surface area contributed by atoms with Crippen LogP contribution >= 0.6 is 11.3 Å². The fourth-order valence-electron chi connectivity index (χ4n) is 3.21. The molecule has 21 heavy (non-hydrogen) atoms. The Morgan fingerprint density at radius 1 is 1.33 bits per heavy atom. The lowest BCUT2D eigenvalue weighted by molar-refractivity contribution is -0.135. The second kappa shape index (κ2) is 7.63. The molecule has 120 valence electrons. The van der Waals surface area contributed by atoms with Crippen LogP contribution in [-0.2, 0) is 0 Å². The van der Waals surface area contributed by atoms with Crippen LogP contribution in [0.25, 0.3) is 0 Å². The highest BCUT2D eigenvalue weighted by molar-refractivity contribution is 7.10. The van der Waals surface area contributed by atoms with Crippen molar-refractivity contribution in [3.63, 3.8) is 0 Å². The second-order valence-corrected chi connectivity index (χ2v) is 7.09. The predicted octanol–water partition coefficient (Wildman–Crippen LogP) is 5.69. The van der Waals surface area contributed by atoms with Gasteiger partial charge in [-0.25, -0.2) is 0 Å². The average molecular weight is 319 g/mol. The Morgan fingerprint density at radius 2 is 2.05 bits per heavy atom. The molecule has 1 N–H and O–H groups in total. The Kier molecular flexibility index (Phi) is 6.11. The fraction of sp³-hybridized carbons (Fsp3) is 0.750. The molecule has 0 saturated heterocycles. The van der Waals surface area contributed by atoms with E-state index < -0.39 is 12.6 Å². The summed E-state index contributed by atoms with van der Waals surface area (Å²) in [6, 6.07) is 4.63. The van der Waals surface area contributed by atoms with Crippen molar-refractivity contribution in [1.82, 2.24) is 5.32 Å². The van der Waals surface area contributed by atoms with Crippen LogP contribution in [0.1, 0.15) is 62.8 Å². The van der Waals surface area contributed by atoms with E-state index in [4.69, 9.17) is 0 Å². The average Bonchev–Trinajstić information content (AvgIpc) is 3.08. The molecular formula is C16H24F3NS. The van der Waals surface area contributed by atoms with E-state index in [1.807, 2.05) is 6.92 Å². The topological polar surface area (TPSA) is 12.0 Å². The van der Waals surface area contributed by atoms with Crippen LogP contribution in [-0.4, -0.2) is 12.2 Å². The molecule has 5 heteroatoms. The molecular weight excluding hydrogens is 295 g/mol. The first-order chi connectivity index (χ1) is 9.96. The van der Waals surface area contributed by atoms with E-state index in [2.05, 4.69) is 22.8 Å². The predicted molar refractivity (Wildman–Crippen MR) is 81.5 cm³/mol. The van der Waals surface area contributed by atoms with Crippen molar-refractivity contribution in [3.8, 4) is 0 Å². The maximum atomic E-state index is 12.2. The fourth-order valence-corrected chi connectivity index (χ4v) is 4.09. The summed E-state index contributed by atoms with van der Waals surface area (Å²) >= 11 is 1.75. The lowest BCUT2D eigenvalue weighted by Crippen LogP contribution is -2.34. The van der Waals surface area contributed by atoms with Gasteiger partial charge in [0.05, 0.1) is 0 Å². The van der Waals surface area contributed by atoms with E-state index in [1.165, 1.54) is 30.6 Å². The Hall–Kier alpha value is -0.550.